The van der Waals surface area contributed by atoms with E-state index in [1.54, 1.807) is 19.3 Å². The van der Waals surface area contributed by atoms with Crippen LogP contribution in [0.4, 0.5) is 0 Å². The van der Waals surface area contributed by atoms with Crippen LogP contribution in [0.15, 0.2) is 0 Å². The Morgan fingerprint density at radius 2 is 1.10 bits per heavy atom. The Bertz CT molecular complexity index is 291. The van der Waals surface area contributed by atoms with E-state index in [1.807, 2.05) is 41.5 Å². The van der Waals surface area contributed by atoms with Gasteiger partial charge in [-0.05, 0) is 66.6 Å². The highest BCUT2D eigenvalue weighted by Gasteiger charge is 2.47. The summed E-state index contributed by atoms with van der Waals surface area (Å²) in [6, 6.07) is 0. The molecule has 3 saturated carbocycles. The lowest BCUT2D eigenvalue weighted by molar-refractivity contribution is -0.0377. The average molecular weight is 431 g/mol. The Morgan fingerprint density at radius 3 is 1.13 bits per heavy atom. The van der Waals surface area contributed by atoms with Crippen molar-refractivity contribution in [3.05, 3.63) is 0 Å². The van der Waals surface area contributed by atoms with Gasteiger partial charge in [-0.15, -0.1) is 0 Å². The molecule has 0 aromatic rings. The van der Waals surface area contributed by atoms with E-state index < -0.39 is 0 Å². The molecule has 3 aliphatic carbocycles. The van der Waals surface area contributed by atoms with Gasteiger partial charge in [-0.1, -0.05) is 131 Å². The molecule has 190 valence electrons. The van der Waals surface area contributed by atoms with Crippen molar-refractivity contribution in [2.45, 2.75) is 163 Å². The van der Waals surface area contributed by atoms with E-state index >= 15 is 0 Å². The molecular formula is C30H70. The summed E-state index contributed by atoms with van der Waals surface area (Å²) in [5.41, 5.74) is 1.40. The summed E-state index contributed by atoms with van der Waals surface area (Å²) in [6.07, 6.45) is 12.2. The maximum atomic E-state index is 2.42. The smallest absolute Gasteiger partial charge is 0.0272 e. The molecule has 0 aromatic heterocycles. The zero-order valence-corrected chi connectivity index (χ0v) is 23.0. The van der Waals surface area contributed by atoms with E-state index in [9.17, 15) is 0 Å². The van der Waals surface area contributed by atoms with Gasteiger partial charge in [0.05, 0.1) is 0 Å². The molecule has 1 atom stereocenters. The predicted octanol–water partition coefficient (Wildman–Crippen LogP) is 12.1. The summed E-state index contributed by atoms with van der Waals surface area (Å²) in [5.74, 6) is 3.94. The van der Waals surface area contributed by atoms with Crippen molar-refractivity contribution in [2.75, 3.05) is 0 Å². The van der Waals surface area contributed by atoms with E-state index in [4.69, 9.17) is 0 Å². The Hall–Kier alpha value is 0. The van der Waals surface area contributed by atoms with Crippen molar-refractivity contribution >= 4 is 0 Å². The highest BCUT2D eigenvalue weighted by Crippen LogP contribution is 2.59. The fourth-order valence-corrected chi connectivity index (χ4v) is 3.24. The van der Waals surface area contributed by atoms with Crippen LogP contribution < -0.4 is 0 Å². The van der Waals surface area contributed by atoms with Crippen molar-refractivity contribution in [2.24, 2.45) is 34.5 Å². The van der Waals surface area contributed by atoms with E-state index in [1.165, 1.54) is 32.1 Å². The third kappa shape index (κ3) is 18.7. The highest BCUT2D eigenvalue weighted by atomic mass is 14.5. The van der Waals surface area contributed by atoms with Crippen LogP contribution in [-0.2, 0) is 0 Å². The largest absolute Gasteiger partial charge is 0.0776 e. The first-order valence-corrected chi connectivity index (χ1v) is 13.1. The van der Waals surface area contributed by atoms with Gasteiger partial charge < -0.3 is 0 Å². The van der Waals surface area contributed by atoms with Crippen LogP contribution in [-0.4, -0.2) is 0 Å². The van der Waals surface area contributed by atoms with Crippen molar-refractivity contribution in [3.63, 3.8) is 0 Å². The molecule has 1 spiro atoms. The molecule has 3 fully saturated rings. The summed E-state index contributed by atoms with van der Waals surface area (Å²) >= 11 is 0. The van der Waals surface area contributed by atoms with Gasteiger partial charge in [0.2, 0.25) is 0 Å². The van der Waals surface area contributed by atoms with E-state index in [-0.39, 0.29) is 14.9 Å². The SMILES string of the molecule is C.C.CC.CC.CC.CC(C)C(C)(C)C.CC(C)CC1CC1.CC1CCC12CCC2. The van der Waals surface area contributed by atoms with Crippen LogP contribution in [0.5, 0.6) is 0 Å². The zero-order valence-electron chi connectivity index (χ0n) is 23.0. The lowest BCUT2D eigenvalue weighted by atomic mass is 9.50. The minimum absolute atomic E-state index is 0. The normalized spacial score (nSPS) is 19.4. The second-order valence-corrected chi connectivity index (χ2v) is 10.2. The molecule has 0 heteroatoms. The van der Waals surface area contributed by atoms with Gasteiger partial charge in [-0.3, -0.25) is 0 Å². The van der Waals surface area contributed by atoms with Crippen molar-refractivity contribution < 1.29 is 0 Å². The average Bonchev–Trinajstić information content (AvgIpc) is 3.41. The standard InChI is InChI=1S/C8H14.C7H14.C7H16.3C2H6.2CH4/c1-7-3-6-8(7)4-2-5-8;1-6(2)5-7-3-4-7;1-6(2)7(3,4)5;3*1-2;;/h7H,2-6H2,1H3;6-7H,3-5H2,1-2H3;6H,1-5H3;3*1-2H3;2*1H4. The van der Waals surface area contributed by atoms with Gasteiger partial charge in [0.1, 0.15) is 0 Å². The Labute approximate surface area is 197 Å². The van der Waals surface area contributed by atoms with Crippen LogP contribution in [0.3, 0.4) is 0 Å². The van der Waals surface area contributed by atoms with Crippen LogP contribution >= 0.6 is 0 Å². The Balaban J connectivity index is -0.0000000901. The summed E-state index contributed by atoms with van der Waals surface area (Å²) in [6.45, 7) is 30.3. The highest BCUT2D eigenvalue weighted by molar-refractivity contribution is 4.98. The van der Waals surface area contributed by atoms with Crippen molar-refractivity contribution in [1.82, 2.24) is 0 Å². The number of hydrogen-bond donors (Lipinski definition) is 0. The van der Waals surface area contributed by atoms with E-state index in [2.05, 4.69) is 55.4 Å². The molecule has 0 nitrogen and oxygen atoms in total. The minimum Gasteiger partial charge on any atom is -0.0776 e. The van der Waals surface area contributed by atoms with Gasteiger partial charge in [-0.25, -0.2) is 0 Å². The van der Waals surface area contributed by atoms with Gasteiger partial charge in [0, 0.05) is 0 Å². The maximum absolute atomic E-state index is 2.42. The molecular weight excluding hydrogens is 360 g/mol. The summed E-state index contributed by atoms with van der Waals surface area (Å²) in [7, 11) is 0. The molecule has 0 bridgehead atoms. The number of hydrogen-bond acceptors (Lipinski definition) is 0. The van der Waals surface area contributed by atoms with Gasteiger partial charge in [0.25, 0.3) is 0 Å². The molecule has 0 N–H and O–H groups in total. The third-order valence-electron chi connectivity index (χ3n) is 6.70. The predicted molar refractivity (Wildman–Crippen MR) is 149 cm³/mol. The molecule has 0 aromatic carbocycles. The quantitative estimate of drug-likeness (QED) is 0.408. The summed E-state index contributed by atoms with van der Waals surface area (Å²) in [5, 5.41) is 0. The van der Waals surface area contributed by atoms with Gasteiger partial charge >= 0.3 is 0 Å². The van der Waals surface area contributed by atoms with Crippen molar-refractivity contribution in [1.29, 1.82) is 0 Å². The molecule has 0 heterocycles. The zero-order chi connectivity index (χ0) is 23.0. The van der Waals surface area contributed by atoms with E-state index in [0.29, 0.717) is 5.41 Å². The second kappa shape index (κ2) is 22.2. The van der Waals surface area contributed by atoms with Crippen LogP contribution in [0.2, 0.25) is 0 Å². The molecule has 0 saturated heterocycles. The van der Waals surface area contributed by atoms with Crippen LogP contribution in [0, 0.1) is 34.5 Å². The lowest BCUT2D eigenvalue weighted by Crippen LogP contribution is -2.43. The summed E-state index contributed by atoms with van der Waals surface area (Å²) in [4.78, 5) is 0. The van der Waals surface area contributed by atoms with Crippen LogP contribution in [0.25, 0.3) is 0 Å². The molecule has 1 unspecified atom stereocenters. The topological polar surface area (TPSA) is 0 Å². The monoisotopic (exact) mass is 431 g/mol. The first kappa shape index (κ1) is 40.4. The molecule has 3 rings (SSSR count). The molecule has 30 heavy (non-hydrogen) atoms. The summed E-state index contributed by atoms with van der Waals surface area (Å²) < 4.78 is 0. The first-order chi connectivity index (χ1) is 13.1. The van der Waals surface area contributed by atoms with Crippen LogP contribution in [0.1, 0.15) is 163 Å². The molecule has 0 radical (unpaired) electrons. The maximum Gasteiger partial charge on any atom is -0.0272 e. The fourth-order valence-electron chi connectivity index (χ4n) is 3.24. The Kier molecular flexibility index (Phi) is 29.9. The fraction of sp³-hybridized carbons (Fsp3) is 1.00. The Morgan fingerprint density at radius 1 is 0.733 bits per heavy atom. The molecule has 0 amide bonds. The molecule has 3 aliphatic rings. The van der Waals surface area contributed by atoms with Gasteiger partial charge in [0.15, 0.2) is 0 Å². The van der Waals surface area contributed by atoms with Crippen molar-refractivity contribution in [3.8, 4) is 0 Å². The molecule has 0 aliphatic heterocycles. The lowest BCUT2D eigenvalue weighted by Gasteiger charge is -2.55. The number of rotatable bonds is 2. The third-order valence-corrected chi connectivity index (χ3v) is 6.70. The van der Waals surface area contributed by atoms with E-state index in [0.717, 1.165) is 29.1 Å². The first-order valence-electron chi connectivity index (χ1n) is 13.1. The second-order valence-electron chi connectivity index (χ2n) is 10.2. The minimum atomic E-state index is 0. The van der Waals surface area contributed by atoms with Gasteiger partial charge in [-0.2, -0.15) is 0 Å².